The number of benzene rings is 2. The van der Waals surface area contributed by atoms with Crippen molar-refractivity contribution >= 4 is 39.1 Å². The minimum Gasteiger partial charge on any atom is -0.481 e. The van der Waals surface area contributed by atoms with Crippen molar-refractivity contribution in [1.29, 1.82) is 0 Å². The predicted molar refractivity (Wildman–Crippen MR) is 98.6 cm³/mol. The highest BCUT2D eigenvalue weighted by molar-refractivity contribution is 7.18. The Morgan fingerprint density at radius 2 is 2.11 bits per heavy atom. The number of halogens is 1. The molecule has 3 aromatic rings. The van der Waals surface area contributed by atoms with E-state index in [1.165, 1.54) is 22.3 Å². The molecule has 0 saturated carbocycles. The normalized spacial score (nSPS) is 16.3. The second kappa shape index (κ2) is 6.62. The molecule has 138 valence electrons. The fourth-order valence-electron chi connectivity index (χ4n) is 3.10. The van der Waals surface area contributed by atoms with Crippen LogP contribution in [-0.2, 0) is 16.1 Å². The van der Waals surface area contributed by atoms with Crippen molar-refractivity contribution in [2.45, 2.75) is 26.0 Å². The zero-order valence-electron chi connectivity index (χ0n) is 14.3. The first kappa shape index (κ1) is 17.4. The number of para-hydroxylation sites is 1. The molecule has 0 spiro atoms. The maximum absolute atomic E-state index is 14.0. The number of aryl methyl sites for hydroxylation is 1. The molecular weight excluding hydrogens is 371 g/mol. The maximum atomic E-state index is 14.0. The molecule has 0 aliphatic carbocycles. The lowest BCUT2D eigenvalue weighted by Gasteiger charge is -2.34. The molecular formula is C19H15FN2O4S. The van der Waals surface area contributed by atoms with Gasteiger partial charge in [0.15, 0.2) is 6.10 Å². The van der Waals surface area contributed by atoms with Crippen molar-refractivity contribution in [3.8, 4) is 5.75 Å². The van der Waals surface area contributed by atoms with E-state index in [-0.39, 0.29) is 12.4 Å². The van der Waals surface area contributed by atoms with Crippen LogP contribution in [0.4, 0.5) is 10.1 Å². The van der Waals surface area contributed by atoms with Gasteiger partial charge in [-0.25, -0.2) is 9.37 Å². The van der Waals surface area contributed by atoms with E-state index in [1.54, 1.807) is 24.3 Å². The summed E-state index contributed by atoms with van der Waals surface area (Å²) in [6, 6.07) is 10.0. The summed E-state index contributed by atoms with van der Waals surface area (Å²) in [5.41, 5.74) is 1.89. The van der Waals surface area contributed by atoms with E-state index in [0.29, 0.717) is 26.7 Å². The first-order valence-electron chi connectivity index (χ1n) is 8.27. The van der Waals surface area contributed by atoms with E-state index in [9.17, 15) is 14.0 Å². The van der Waals surface area contributed by atoms with Crippen molar-refractivity contribution in [1.82, 2.24) is 4.98 Å². The first-order chi connectivity index (χ1) is 12.9. The summed E-state index contributed by atoms with van der Waals surface area (Å²) in [5, 5.41) is 9.66. The summed E-state index contributed by atoms with van der Waals surface area (Å²) < 4.78 is 20.1. The van der Waals surface area contributed by atoms with Crippen LogP contribution in [0.5, 0.6) is 5.75 Å². The molecule has 0 bridgehead atoms. The molecule has 8 heteroatoms. The Morgan fingerprint density at radius 3 is 2.85 bits per heavy atom. The molecule has 4 rings (SSSR count). The Hall–Kier alpha value is -3.00. The van der Waals surface area contributed by atoms with Gasteiger partial charge in [0, 0.05) is 0 Å². The number of thiazole rings is 1. The van der Waals surface area contributed by atoms with Crippen LogP contribution >= 0.6 is 11.3 Å². The second-order valence-corrected chi connectivity index (χ2v) is 7.33. The predicted octanol–water partition coefficient (Wildman–Crippen LogP) is 3.51. The van der Waals surface area contributed by atoms with Gasteiger partial charge >= 0.3 is 5.97 Å². The lowest BCUT2D eigenvalue weighted by Crippen LogP contribution is -2.46. The van der Waals surface area contributed by atoms with Gasteiger partial charge in [0.25, 0.3) is 5.91 Å². The summed E-state index contributed by atoms with van der Waals surface area (Å²) in [6.45, 7) is 1.95. The number of carbonyl (C=O) groups is 2. The molecule has 2 aromatic carbocycles. The summed E-state index contributed by atoms with van der Waals surface area (Å²) in [6.07, 6.45) is -1.54. The molecule has 1 aliphatic rings. The van der Waals surface area contributed by atoms with Gasteiger partial charge in [-0.1, -0.05) is 18.2 Å². The number of ether oxygens (including phenoxy) is 1. The van der Waals surface area contributed by atoms with Crippen LogP contribution < -0.4 is 9.64 Å². The van der Waals surface area contributed by atoms with Gasteiger partial charge in [-0.15, -0.1) is 11.3 Å². The Morgan fingerprint density at radius 1 is 1.33 bits per heavy atom. The fourth-order valence-corrected chi connectivity index (χ4v) is 4.06. The molecule has 0 fully saturated rings. The Labute approximate surface area is 157 Å². The molecule has 1 aliphatic heterocycles. The third kappa shape index (κ3) is 3.12. The SMILES string of the molecule is Cc1cccc2c1OC(CC(=O)O)C(=O)N2Cc1nc2cccc(F)c2s1. The largest absolute Gasteiger partial charge is 0.481 e. The minimum absolute atomic E-state index is 0.119. The van der Waals surface area contributed by atoms with Gasteiger partial charge in [0.05, 0.1) is 28.9 Å². The quantitative estimate of drug-likeness (QED) is 0.742. The van der Waals surface area contributed by atoms with Gasteiger partial charge in [0.2, 0.25) is 0 Å². The molecule has 0 radical (unpaired) electrons. The number of carboxylic acids is 1. The molecule has 1 aromatic heterocycles. The van der Waals surface area contributed by atoms with Crippen LogP contribution in [-0.4, -0.2) is 28.1 Å². The molecule has 6 nitrogen and oxygen atoms in total. The smallest absolute Gasteiger partial charge is 0.307 e. The lowest BCUT2D eigenvalue weighted by atomic mass is 10.1. The number of hydrogen-bond donors (Lipinski definition) is 1. The summed E-state index contributed by atoms with van der Waals surface area (Å²) in [7, 11) is 0. The van der Waals surface area contributed by atoms with Crippen LogP contribution in [0.3, 0.4) is 0 Å². The second-order valence-electron chi connectivity index (χ2n) is 6.25. The van der Waals surface area contributed by atoms with Gasteiger partial charge in [0.1, 0.15) is 16.6 Å². The number of fused-ring (bicyclic) bond motifs is 2. The van der Waals surface area contributed by atoms with Crippen LogP contribution in [0.25, 0.3) is 10.2 Å². The van der Waals surface area contributed by atoms with Gasteiger partial charge in [-0.2, -0.15) is 0 Å². The van der Waals surface area contributed by atoms with Crippen molar-refractivity contribution in [3.05, 3.63) is 52.8 Å². The highest BCUT2D eigenvalue weighted by Gasteiger charge is 2.37. The zero-order chi connectivity index (χ0) is 19.1. The number of carbonyl (C=O) groups excluding carboxylic acids is 1. The molecule has 2 heterocycles. The summed E-state index contributed by atoms with van der Waals surface area (Å²) >= 11 is 1.18. The Bertz CT molecular complexity index is 1070. The van der Waals surface area contributed by atoms with Gasteiger partial charge < -0.3 is 9.84 Å². The number of hydrogen-bond acceptors (Lipinski definition) is 5. The first-order valence-corrected chi connectivity index (χ1v) is 9.09. The topological polar surface area (TPSA) is 79.7 Å². The van der Waals surface area contributed by atoms with E-state index in [0.717, 1.165) is 5.56 Å². The van der Waals surface area contributed by atoms with Crippen molar-refractivity contribution in [3.63, 3.8) is 0 Å². The number of nitrogens with zero attached hydrogens (tertiary/aromatic N) is 2. The minimum atomic E-state index is -1.12. The molecule has 1 amide bonds. The zero-order valence-corrected chi connectivity index (χ0v) is 15.1. The number of aromatic nitrogens is 1. The van der Waals surface area contributed by atoms with Crippen LogP contribution in [0, 0.1) is 12.7 Å². The molecule has 1 atom stereocenters. The van der Waals surface area contributed by atoms with Crippen molar-refractivity contribution < 1.29 is 23.8 Å². The number of anilines is 1. The van der Waals surface area contributed by atoms with Crippen molar-refractivity contribution in [2.24, 2.45) is 0 Å². The number of rotatable bonds is 4. The van der Waals surface area contributed by atoms with E-state index in [1.807, 2.05) is 13.0 Å². The van der Waals surface area contributed by atoms with E-state index in [2.05, 4.69) is 4.98 Å². The van der Waals surface area contributed by atoms with E-state index < -0.39 is 24.4 Å². The van der Waals surface area contributed by atoms with Gasteiger partial charge in [-0.05, 0) is 30.7 Å². The van der Waals surface area contributed by atoms with Crippen LogP contribution in [0.2, 0.25) is 0 Å². The van der Waals surface area contributed by atoms with Gasteiger partial charge in [-0.3, -0.25) is 14.5 Å². The third-order valence-corrected chi connectivity index (χ3v) is 5.41. The maximum Gasteiger partial charge on any atom is 0.307 e. The molecule has 1 N–H and O–H groups in total. The monoisotopic (exact) mass is 386 g/mol. The molecule has 0 saturated heterocycles. The lowest BCUT2D eigenvalue weighted by molar-refractivity contribution is -0.142. The highest BCUT2D eigenvalue weighted by atomic mass is 32.1. The fraction of sp³-hybridized carbons (Fsp3) is 0.211. The van der Waals surface area contributed by atoms with Crippen LogP contribution in [0.1, 0.15) is 17.0 Å². The average molecular weight is 386 g/mol. The summed E-state index contributed by atoms with van der Waals surface area (Å²) in [4.78, 5) is 29.9. The summed E-state index contributed by atoms with van der Waals surface area (Å²) in [5.74, 6) is -1.44. The highest BCUT2D eigenvalue weighted by Crippen LogP contribution is 2.39. The number of aliphatic carboxylic acids is 1. The average Bonchev–Trinajstić information content (AvgIpc) is 3.03. The van der Waals surface area contributed by atoms with Crippen molar-refractivity contribution in [2.75, 3.05) is 4.90 Å². The number of carboxylic acid groups (broad SMARTS) is 1. The molecule has 1 unspecified atom stereocenters. The van der Waals surface area contributed by atoms with E-state index >= 15 is 0 Å². The van der Waals surface area contributed by atoms with Crippen LogP contribution in [0.15, 0.2) is 36.4 Å². The number of amides is 1. The standard InChI is InChI=1S/C19H15FN2O4S/c1-10-4-2-7-13-17(10)26-14(8-16(23)24)19(25)22(13)9-15-21-12-6-3-5-11(20)18(12)27-15/h2-7,14H,8-9H2,1H3,(H,23,24). The van der Waals surface area contributed by atoms with E-state index in [4.69, 9.17) is 9.84 Å². The molecule has 27 heavy (non-hydrogen) atoms. The third-order valence-electron chi connectivity index (χ3n) is 4.35. The Balaban J connectivity index is 1.75. The Kier molecular flexibility index (Phi) is 4.27.